The Balaban J connectivity index is 2.95. The number of aryl methyl sites for hydroxylation is 1. The summed E-state index contributed by atoms with van der Waals surface area (Å²) in [6, 6.07) is 8.68. The van der Waals surface area contributed by atoms with Gasteiger partial charge in [-0.3, -0.25) is 0 Å². The molecule has 0 saturated carbocycles. The van der Waals surface area contributed by atoms with Crippen LogP contribution in [0.15, 0.2) is 29.2 Å². The first kappa shape index (κ1) is 16.0. The van der Waals surface area contributed by atoms with Crippen LogP contribution in [0.25, 0.3) is 0 Å². The van der Waals surface area contributed by atoms with Crippen molar-refractivity contribution in [1.82, 2.24) is 4.31 Å². The van der Waals surface area contributed by atoms with Crippen molar-refractivity contribution < 1.29 is 8.42 Å². The molecule has 0 amide bonds. The maximum atomic E-state index is 12.3. The molecule has 0 heterocycles. The van der Waals surface area contributed by atoms with E-state index >= 15 is 0 Å². The summed E-state index contributed by atoms with van der Waals surface area (Å²) < 4.78 is 26.0. The zero-order valence-electron chi connectivity index (χ0n) is 10.8. The normalized spacial score (nSPS) is 11.5. The molecule has 0 radical (unpaired) electrons. The largest absolute Gasteiger partial charge is 0.243 e. The molecule has 0 aliphatic rings. The lowest BCUT2D eigenvalue weighted by Crippen LogP contribution is -2.31. The van der Waals surface area contributed by atoms with Gasteiger partial charge in [0.15, 0.2) is 0 Å². The Labute approximate surface area is 119 Å². The molecule has 0 aromatic heterocycles. The second-order valence-corrected chi connectivity index (χ2v) is 6.30. The summed E-state index contributed by atoms with van der Waals surface area (Å²) in [7, 11) is -3.51. The monoisotopic (exact) mass is 300 g/mol. The van der Waals surface area contributed by atoms with Gasteiger partial charge in [-0.1, -0.05) is 19.1 Å². The van der Waals surface area contributed by atoms with E-state index in [2.05, 4.69) is 0 Å². The molecule has 1 aromatic carbocycles. The third-order valence-electron chi connectivity index (χ3n) is 2.77. The summed E-state index contributed by atoms with van der Waals surface area (Å²) in [4.78, 5) is 0.255. The number of benzene rings is 1. The molecule has 0 aliphatic carbocycles. The van der Waals surface area contributed by atoms with Gasteiger partial charge in [-0.2, -0.15) is 9.57 Å². The zero-order chi connectivity index (χ0) is 14.3. The second kappa shape index (κ2) is 7.49. The Hall–Kier alpha value is -1.09. The van der Waals surface area contributed by atoms with Crippen molar-refractivity contribution in [3.8, 4) is 6.07 Å². The van der Waals surface area contributed by atoms with Crippen molar-refractivity contribution in [2.45, 2.75) is 24.7 Å². The van der Waals surface area contributed by atoms with Gasteiger partial charge in [-0.25, -0.2) is 8.42 Å². The minimum Gasteiger partial charge on any atom is -0.207 e. The molecule has 0 aliphatic heterocycles. The molecule has 0 bridgehead atoms. The third-order valence-corrected chi connectivity index (χ3v) is 4.95. The minimum absolute atomic E-state index is 0.192. The van der Waals surface area contributed by atoms with Gasteiger partial charge in [0, 0.05) is 25.4 Å². The highest BCUT2D eigenvalue weighted by molar-refractivity contribution is 7.89. The molecule has 19 heavy (non-hydrogen) atoms. The highest BCUT2D eigenvalue weighted by Crippen LogP contribution is 2.17. The molecule has 6 heteroatoms. The van der Waals surface area contributed by atoms with E-state index in [0.717, 1.165) is 5.56 Å². The van der Waals surface area contributed by atoms with E-state index in [-0.39, 0.29) is 17.9 Å². The molecule has 0 unspecified atom stereocenters. The van der Waals surface area contributed by atoms with E-state index in [1.165, 1.54) is 4.31 Å². The molecule has 0 saturated heterocycles. The highest BCUT2D eigenvalue weighted by Gasteiger charge is 2.22. The number of halogens is 1. The summed E-state index contributed by atoms with van der Waals surface area (Å²) in [6.45, 7) is 2.34. The Morgan fingerprint density at radius 2 is 1.95 bits per heavy atom. The molecule has 0 spiro atoms. The van der Waals surface area contributed by atoms with E-state index in [1.807, 2.05) is 6.07 Å². The summed E-state index contributed by atoms with van der Waals surface area (Å²) in [5.74, 6) is 0.509. The number of nitriles is 1. The van der Waals surface area contributed by atoms with Gasteiger partial charge in [0.25, 0.3) is 0 Å². The fraction of sp³-hybridized carbons (Fsp3) is 0.462. The number of alkyl halides is 1. The van der Waals surface area contributed by atoms with Gasteiger partial charge in [0.2, 0.25) is 10.0 Å². The van der Waals surface area contributed by atoms with Crippen molar-refractivity contribution in [1.29, 1.82) is 5.26 Å². The van der Waals surface area contributed by atoms with Crippen LogP contribution in [0.5, 0.6) is 0 Å². The van der Waals surface area contributed by atoms with Crippen molar-refractivity contribution in [3.05, 3.63) is 29.8 Å². The van der Waals surface area contributed by atoms with Gasteiger partial charge >= 0.3 is 0 Å². The number of rotatable bonds is 7. The van der Waals surface area contributed by atoms with Crippen LogP contribution in [0.3, 0.4) is 0 Å². The number of hydrogen-bond donors (Lipinski definition) is 0. The summed E-state index contributed by atoms with van der Waals surface area (Å²) in [6.07, 6.45) is 0.908. The molecule has 0 fully saturated rings. The Bertz CT molecular complexity index is 535. The molecule has 104 valence electrons. The van der Waals surface area contributed by atoms with Crippen molar-refractivity contribution >= 4 is 21.6 Å². The van der Waals surface area contributed by atoms with E-state index in [9.17, 15) is 8.42 Å². The first-order chi connectivity index (χ1) is 9.06. The molecular weight excluding hydrogens is 284 g/mol. The van der Waals surface area contributed by atoms with Gasteiger partial charge in [0.1, 0.15) is 0 Å². The van der Waals surface area contributed by atoms with Crippen LogP contribution in [-0.2, 0) is 16.4 Å². The fourth-order valence-electron chi connectivity index (χ4n) is 1.71. The van der Waals surface area contributed by atoms with Crippen LogP contribution in [0.2, 0.25) is 0 Å². The quantitative estimate of drug-likeness (QED) is 0.726. The third kappa shape index (κ3) is 4.20. The highest BCUT2D eigenvalue weighted by atomic mass is 35.5. The van der Waals surface area contributed by atoms with Crippen LogP contribution in [0, 0.1) is 11.3 Å². The molecule has 1 aromatic rings. The number of sulfonamides is 1. The Morgan fingerprint density at radius 1 is 1.32 bits per heavy atom. The van der Waals surface area contributed by atoms with Crippen molar-refractivity contribution in [2.75, 3.05) is 19.0 Å². The average Bonchev–Trinajstić information content (AvgIpc) is 2.40. The molecule has 0 atom stereocenters. The maximum Gasteiger partial charge on any atom is 0.243 e. The molecule has 0 N–H and O–H groups in total. The standard InChI is InChI=1S/C13H17ClN2O2S/c1-2-16(11-3-10-15)19(17,18)13-6-4-12(5-7-13)8-9-14/h4-7H,2-3,8-9,11H2,1H3. The fourth-order valence-corrected chi connectivity index (χ4v) is 3.38. The van der Waals surface area contributed by atoms with Gasteiger partial charge < -0.3 is 0 Å². The zero-order valence-corrected chi connectivity index (χ0v) is 12.4. The molecular formula is C13H17ClN2O2S. The van der Waals surface area contributed by atoms with Crippen LogP contribution in [0.1, 0.15) is 18.9 Å². The lowest BCUT2D eigenvalue weighted by atomic mass is 10.2. The average molecular weight is 301 g/mol. The Morgan fingerprint density at radius 3 is 2.42 bits per heavy atom. The number of hydrogen-bond acceptors (Lipinski definition) is 3. The van der Waals surface area contributed by atoms with Crippen LogP contribution in [-0.4, -0.2) is 31.7 Å². The van der Waals surface area contributed by atoms with Crippen molar-refractivity contribution in [2.24, 2.45) is 0 Å². The minimum atomic E-state index is -3.51. The smallest absolute Gasteiger partial charge is 0.207 e. The first-order valence-electron chi connectivity index (χ1n) is 6.08. The topological polar surface area (TPSA) is 61.2 Å². The SMILES string of the molecule is CCN(CCC#N)S(=O)(=O)c1ccc(CCCl)cc1. The summed E-state index contributed by atoms with van der Waals surface area (Å²) in [5.41, 5.74) is 1.01. The van der Waals surface area contributed by atoms with Crippen LogP contribution < -0.4 is 0 Å². The predicted molar refractivity (Wildman–Crippen MR) is 75.5 cm³/mol. The lowest BCUT2D eigenvalue weighted by Gasteiger charge is -2.19. The summed E-state index contributed by atoms with van der Waals surface area (Å²) >= 11 is 5.64. The van der Waals surface area contributed by atoms with E-state index < -0.39 is 10.0 Å². The second-order valence-electron chi connectivity index (χ2n) is 3.99. The van der Waals surface area contributed by atoms with Gasteiger partial charge in [0.05, 0.1) is 11.0 Å². The van der Waals surface area contributed by atoms with Gasteiger partial charge in [-0.15, -0.1) is 11.6 Å². The Kier molecular flexibility index (Phi) is 6.29. The van der Waals surface area contributed by atoms with E-state index in [4.69, 9.17) is 16.9 Å². The predicted octanol–water partition coefficient (Wildman–Crippen LogP) is 2.39. The van der Waals surface area contributed by atoms with Crippen molar-refractivity contribution in [3.63, 3.8) is 0 Å². The van der Waals surface area contributed by atoms with E-state index in [1.54, 1.807) is 31.2 Å². The van der Waals surface area contributed by atoms with Crippen LogP contribution in [0.4, 0.5) is 0 Å². The molecule has 1 rings (SSSR count). The van der Waals surface area contributed by atoms with E-state index in [0.29, 0.717) is 18.8 Å². The lowest BCUT2D eigenvalue weighted by molar-refractivity contribution is 0.435. The maximum absolute atomic E-state index is 12.3. The molecule has 4 nitrogen and oxygen atoms in total. The first-order valence-corrected chi connectivity index (χ1v) is 8.05. The number of nitrogens with zero attached hydrogens (tertiary/aromatic N) is 2. The van der Waals surface area contributed by atoms with Crippen LogP contribution >= 0.6 is 11.6 Å². The van der Waals surface area contributed by atoms with Gasteiger partial charge in [-0.05, 0) is 24.1 Å². The summed E-state index contributed by atoms with van der Waals surface area (Å²) in [5, 5.41) is 8.56.